The van der Waals surface area contributed by atoms with Gasteiger partial charge < -0.3 is 5.32 Å². The minimum absolute atomic E-state index is 0.234. The minimum Gasteiger partial charge on any atom is -0.359 e. The largest absolute Gasteiger partial charge is 0.359 e. The van der Waals surface area contributed by atoms with Crippen LogP contribution in [0.4, 0.5) is 0 Å². The lowest BCUT2D eigenvalue weighted by Crippen LogP contribution is -2.39. The zero-order valence-corrected chi connectivity index (χ0v) is 11.3. The van der Waals surface area contributed by atoms with Crippen molar-refractivity contribution in [1.82, 2.24) is 10.3 Å². The van der Waals surface area contributed by atoms with Gasteiger partial charge >= 0.3 is 0 Å². The molecule has 1 aromatic heterocycles. The quantitative estimate of drug-likeness (QED) is 0.891. The van der Waals surface area contributed by atoms with Crippen molar-refractivity contribution in [2.75, 3.05) is 12.3 Å². The first kappa shape index (κ1) is 12.4. The standard InChI is InChI=1S/C13H19N3S/c1-3-13(2)10-17-12(16-13)15-8-6-11-5-4-7-14-9-11/h4-5,7,9H,3,6,8,10H2,1-2H3,(H,15,16). The molecule has 1 saturated heterocycles. The molecule has 0 radical (unpaired) electrons. The summed E-state index contributed by atoms with van der Waals surface area (Å²) in [5.74, 6) is 1.12. The highest BCUT2D eigenvalue weighted by molar-refractivity contribution is 8.14. The van der Waals surface area contributed by atoms with Crippen LogP contribution in [0, 0.1) is 0 Å². The Hall–Kier alpha value is -1.03. The third-order valence-electron chi connectivity index (χ3n) is 3.10. The van der Waals surface area contributed by atoms with E-state index in [4.69, 9.17) is 0 Å². The third-order valence-corrected chi connectivity index (χ3v) is 4.38. The number of thioether (sulfide) groups is 1. The molecule has 0 aromatic carbocycles. The molecule has 17 heavy (non-hydrogen) atoms. The van der Waals surface area contributed by atoms with Crippen molar-refractivity contribution < 1.29 is 0 Å². The molecule has 1 aliphatic rings. The van der Waals surface area contributed by atoms with Crippen LogP contribution in [-0.4, -0.2) is 28.0 Å². The molecule has 3 nitrogen and oxygen atoms in total. The molecule has 2 rings (SSSR count). The zero-order chi connectivity index (χ0) is 12.1. The van der Waals surface area contributed by atoms with Gasteiger partial charge in [-0.1, -0.05) is 24.8 Å². The molecule has 0 amide bonds. The van der Waals surface area contributed by atoms with Gasteiger partial charge in [0.15, 0.2) is 5.17 Å². The van der Waals surface area contributed by atoms with Crippen LogP contribution < -0.4 is 5.32 Å². The third kappa shape index (κ3) is 3.46. The lowest BCUT2D eigenvalue weighted by molar-refractivity contribution is 0.466. The van der Waals surface area contributed by atoms with Gasteiger partial charge in [-0.2, -0.15) is 0 Å². The predicted octanol–water partition coefficient (Wildman–Crippen LogP) is 2.49. The van der Waals surface area contributed by atoms with Gasteiger partial charge in [-0.05, 0) is 31.4 Å². The van der Waals surface area contributed by atoms with E-state index in [1.807, 2.05) is 24.0 Å². The van der Waals surface area contributed by atoms with E-state index in [1.165, 1.54) is 5.56 Å². The van der Waals surface area contributed by atoms with Crippen molar-refractivity contribution in [2.45, 2.75) is 32.2 Å². The summed E-state index contributed by atoms with van der Waals surface area (Å²) in [5.41, 5.74) is 1.48. The van der Waals surface area contributed by atoms with E-state index in [0.717, 1.165) is 30.3 Å². The van der Waals surface area contributed by atoms with Gasteiger partial charge in [0, 0.05) is 30.2 Å². The Bertz CT molecular complexity index is 391. The van der Waals surface area contributed by atoms with Gasteiger partial charge in [-0.3, -0.25) is 9.98 Å². The first-order valence-electron chi connectivity index (χ1n) is 6.06. The summed E-state index contributed by atoms with van der Waals surface area (Å²) in [7, 11) is 0. The van der Waals surface area contributed by atoms with Crippen LogP contribution in [0.3, 0.4) is 0 Å². The van der Waals surface area contributed by atoms with E-state index in [9.17, 15) is 0 Å². The maximum Gasteiger partial charge on any atom is 0.157 e. The Morgan fingerprint density at radius 1 is 1.59 bits per heavy atom. The number of hydrogen-bond donors (Lipinski definition) is 1. The van der Waals surface area contributed by atoms with Crippen LogP contribution in [0.1, 0.15) is 25.8 Å². The number of aromatic nitrogens is 1. The second kappa shape index (κ2) is 5.54. The minimum atomic E-state index is 0.234. The first-order valence-corrected chi connectivity index (χ1v) is 7.05. The lowest BCUT2D eigenvalue weighted by Gasteiger charge is -2.20. The number of rotatable bonds is 4. The number of amidine groups is 1. The molecule has 0 spiro atoms. The smallest absolute Gasteiger partial charge is 0.157 e. The lowest BCUT2D eigenvalue weighted by atomic mass is 10.0. The van der Waals surface area contributed by atoms with Crippen molar-refractivity contribution in [2.24, 2.45) is 4.99 Å². The van der Waals surface area contributed by atoms with Gasteiger partial charge in [-0.15, -0.1) is 0 Å². The monoisotopic (exact) mass is 249 g/mol. The van der Waals surface area contributed by atoms with Crippen LogP contribution in [0.2, 0.25) is 0 Å². The second-order valence-electron chi connectivity index (χ2n) is 4.63. The highest BCUT2D eigenvalue weighted by Crippen LogP contribution is 2.25. The summed E-state index contributed by atoms with van der Waals surface area (Å²) in [5, 5.41) is 4.60. The number of aliphatic imine (C=N–C) groups is 1. The fourth-order valence-corrected chi connectivity index (χ4v) is 2.90. The summed E-state index contributed by atoms with van der Waals surface area (Å²) in [6, 6.07) is 4.07. The molecule has 4 heteroatoms. The normalized spacial score (nSPS) is 26.1. The second-order valence-corrected chi connectivity index (χ2v) is 5.59. The average molecular weight is 249 g/mol. The molecule has 0 bridgehead atoms. The molecule has 1 N–H and O–H groups in total. The number of hydrogen-bond acceptors (Lipinski definition) is 3. The number of nitrogens with one attached hydrogen (secondary N) is 1. The van der Waals surface area contributed by atoms with E-state index < -0.39 is 0 Å². The van der Waals surface area contributed by atoms with Crippen molar-refractivity contribution in [3.8, 4) is 0 Å². The maximum atomic E-state index is 4.60. The summed E-state index contributed by atoms with van der Waals surface area (Å²) >= 11 is 1.83. The average Bonchev–Trinajstić information content (AvgIpc) is 2.74. The van der Waals surface area contributed by atoms with Gasteiger partial charge in [0.05, 0.1) is 0 Å². The molecule has 1 fully saturated rings. The molecule has 0 saturated carbocycles. The number of nitrogens with zero attached hydrogens (tertiary/aromatic N) is 2. The summed E-state index contributed by atoms with van der Waals surface area (Å²) in [6.45, 7) is 5.30. The molecule has 1 aromatic rings. The Morgan fingerprint density at radius 3 is 3.12 bits per heavy atom. The van der Waals surface area contributed by atoms with E-state index in [1.54, 1.807) is 6.20 Å². The Balaban J connectivity index is 1.83. The fraction of sp³-hybridized carbons (Fsp3) is 0.538. The Kier molecular flexibility index (Phi) is 4.05. The first-order chi connectivity index (χ1) is 8.22. The van der Waals surface area contributed by atoms with Crippen LogP contribution in [0.25, 0.3) is 0 Å². The van der Waals surface area contributed by atoms with E-state index in [0.29, 0.717) is 0 Å². The van der Waals surface area contributed by atoms with E-state index in [-0.39, 0.29) is 5.54 Å². The van der Waals surface area contributed by atoms with Crippen LogP contribution in [0.5, 0.6) is 0 Å². The molecular formula is C13H19N3S. The fourth-order valence-electron chi connectivity index (χ4n) is 1.67. The summed E-state index contributed by atoms with van der Waals surface area (Å²) in [6.07, 6.45) is 5.81. The van der Waals surface area contributed by atoms with Crippen molar-refractivity contribution in [3.05, 3.63) is 30.1 Å². The molecule has 2 heterocycles. The van der Waals surface area contributed by atoms with Crippen LogP contribution in [0.15, 0.2) is 29.5 Å². The highest BCUT2D eigenvalue weighted by Gasteiger charge is 2.30. The van der Waals surface area contributed by atoms with E-state index >= 15 is 0 Å². The Labute approximate surface area is 107 Å². The van der Waals surface area contributed by atoms with Gasteiger partial charge in [-0.25, -0.2) is 0 Å². The van der Waals surface area contributed by atoms with Crippen molar-refractivity contribution >= 4 is 16.9 Å². The predicted molar refractivity (Wildman–Crippen MR) is 74.5 cm³/mol. The molecular weight excluding hydrogens is 230 g/mol. The Morgan fingerprint density at radius 2 is 2.47 bits per heavy atom. The maximum absolute atomic E-state index is 4.60. The summed E-state index contributed by atoms with van der Waals surface area (Å²) < 4.78 is 0. The van der Waals surface area contributed by atoms with Gasteiger partial charge in [0.25, 0.3) is 0 Å². The highest BCUT2D eigenvalue weighted by atomic mass is 32.2. The van der Waals surface area contributed by atoms with Gasteiger partial charge in [0.1, 0.15) is 0 Å². The van der Waals surface area contributed by atoms with Crippen molar-refractivity contribution in [1.29, 1.82) is 0 Å². The van der Waals surface area contributed by atoms with Gasteiger partial charge in [0.2, 0.25) is 0 Å². The molecule has 92 valence electrons. The molecule has 1 aliphatic heterocycles. The van der Waals surface area contributed by atoms with Crippen molar-refractivity contribution in [3.63, 3.8) is 0 Å². The molecule has 1 unspecified atom stereocenters. The topological polar surface area (TPSA) is 37.3 Å². The molecule has 1 atom stereocenters. The SMILES string of the molecule is CCC1(C)CSC(=NCCc2cccnc2)N1. The number of pyridine rings is 1. The van der Waals surface area contributed by atoms with E-state index in [2.05, 4.69) is 35.2 Å². The summed E-state index contributed by atoms with van der Waals surface area (Å²) in [4.78, 5) is 8.70. The van der Waals surface area contributed by atoms with Crippen LogP contribution in [-0.2, 0) is 6.42 Å². The van der Waals surface area contributed by atoms with Crippen LogP contribution >= 0.6 is 11.8 Å². The zero-order valence-electron chi connectivity index (χ0n) is 10.4. The molecule has 0 aliphatic carbocycles.